The average molecular weight is 255 g/mol. The van der Waals surface area contributed by atoms with E-state index in [0.717, 1.165) is 0 Å². The van der Waals surface area contributed by atoms with E-state index < -0.39 is 11.6 Å². The number of rotatable bonds is 5. The highest BCUT2D eigenvalue weighted by Crippen LogP contribution is 2.20. The summed E-state index contributed by atoms with van der Waals surface area (Å²) in [5.41, 5.74) is -1.74. The molecule has 4 nitrogen and oxygen atoms in total. The van der Waals surface area contributed by atoms with Crippen LogP contribution >= 0.6 is 12.4 Å². The van der Waals surface area contributed by atoms with E-state index in [1.165, 1.54) is 0 Å². The highest BCUT2D eigenvalue weighted by molar-refractivity contribution is 5.86. The summed E-state index contributed by atoms with van der Waals surface area (Å²) >= 11 is 0. The maximum atomic E-state index is 13.9. The molecular formula is C10H20ClFN2O2. The summed E-state index contributed by atoms with van der Waals surface area (Å²) in [6.07, 6.45) is 1.54. The zero-order valence-corrected chi connectivity index (χ0v) is 10.3. The fourth-order valence-electron chi connectivity index (χ4n) is 1.68. The van der Waals surface area contributed by atoms with Crippen molar-refractivity contribution in [1.82, 2.24) is 10.6 Å². The number of alkyl halides is 1. The molecule has 2 unspecified atom stereocenters. The van der Waals surface area contributed by atoms with Crippen molar-refractivity contribution in [1.29, 1.82) is 0 Å². The Balaban J connectivity index is 0.00000225. The van der Waals surface area contributed by atoms with Crippen LogP contribution < -0.4 is 10.6 Å². The standard InChI is InChI=1S/C10H19FN2O2.ClH/c1-8(3-2-6-14)13-9(15)10(11)4-5-12-7-10;/h8,12,14H,2-7H2,1H3,(H,13,15);1H. The van der Waals surface area contributed by atoms with Crippen LogP contribution in [0.3, 0.4) is 0 Å². The number of carbonyl (C=O) groups is 1. The molecule has 16 heavy (non-hydrogen) atoms. The van der Waals surface area contributed by atoms with Gasteiger partial charge in [0.05, 0.1) is 0 Å². The molecule has 1 aliphatic rings. The van der Waals surface area contributed by atoms with Crippen molar-refractivity contribution in [2.45, 2.75) is 37.9 Å². The van der Waals surface area contributed by atoms with E-state index in [-0.39, 0.29) is 38.0 Å². The fourth-order valence-corrected chi connectivity index (χ4v) is 1.68. The van der Waals surface area contributed by atoms with Crippen LogP contribution in [0.25, 0.3) is 0 Å². The summed E-state index contributed by atoms with van der Waals surface area (Å²) in [4.78, 5) is 11.6. The summed E-state index contributed by atoms with van der Waals surface area (Å²) in [5.74, 6) is -0.530. The monoisotopic (exact) mass is 254 g/mol. The highest BCUT2D eigenvalue weighted by Gasteiger charge is 2.41. The van der Waals surface area contributed by atoms with Crippen LogP contribution in [0.15, 0.2) is 0 Å². The molecule has 0 spiro atoms. The number of amides is 1. The molecule has 1 amide bonds. The van der Waals surface area contributed by atoms with Crippen molar-refractivity contribution < 1.29 is 14.3 Å². The van der Waals surface area contributed by atoms with E-state index >= 15 is 0 Å². The molecule has 6 heteroatoms. The molecule has 2 atom stereocenters. The Bertz CT molecular complexity index is 223. The summed E-state index contributed by atoms with van der Waals surface area (Å²) in [6, 6.07) is -0.0853. The summed E-state index contributed by atoms with van der Waals surface area (Å²) in [7, 11) is 0. The number of nitrogens with one attached hydrogen (secondary N) is 2. The minimum absolute atomic E-state index is 0. The van der Waals surface area contributed by atoms with Gasteiger partial charge in [-0.15, -0.1) is 12.4 Å². The number of hydrogen-bond donors (Lipinski definition) is 3. The minimum Gasteiger partial charge on any atom is -0.396 e. The number of aliphatic hydroxyl groups excluding tert-OH is 1. The van der Waals surface area contributed by atoms with Crippen LogP contribution in [-0.4, -0.2) is 42.4 Å². The predicted molar refractivity (Wildman–Crippen MR) is 62.5 cm³/mol. The van der Waals surface area contributed by atoms with Gasteiger partial charge in [0.15, 0.2) is 0 Å². The first kappa shape index (κ1) is 15.6. The number of aliphatic hydroxyl groups is 1. The lowest BCUT2D eigenvalue weighted by Crippen LogP contribution is -2.48. The lowest BCUT2D eigenvalue weighted by atomic mass is 10.0. The topological polar surface area (TPSA) is 61.4 Å². The molecule has 1 saturated heterocycles. The minimum atomic E-state index is -1.74. The zero-order valence-electron chi connectivity index (χ0n) is 9.46. The van der Waals surface area contributed by atoms with Crippen molar-refractivity contribution in [3.8, 4) is 0 Å². The lowest BCUT2D eigenvalue weighted by Gasteiger charge is -2.21. The molecule has 0 bridgehead atoms. The first-order valence-corrected chi connectivity index (χ1v) is 5.40. The maximum Gasteiger partial charge on any atom is 0.259 e. The molecule has 96 valence electrons. The van der Waals surface area contributed by atoms with E-state index in [9.17, 15) is 9.18 Å². The third kappa shape index (κ3) is 4.23. The zero-order chi connectivity index (χ0) is 11.3. The Hall–Kier alpha value is -0.390. The van der Waals surface area contributed by atoms with Gasteiger partial charge in [-0.05, 0) is 26.3 Å². The van der Waals surface area contributed by atoms with Crippen LogP contribution in [-0.2, 0) is 4.79 Å². The molecule has 1 fully saturated rings. The van der Waals surface area contributed by atoms with Crippen LogP contribution in [0, 0.1) is 0 Å². The first-order chi connectivity index (χ1) is 7.08. The van der Waals surface area contributed by atoms with Crippen molar-refractivity contribution in [2.24, 2.45) is 0 Å². The van der Waals surface area contributed by atoms with Crippen LogP contribution in [0.4, 0.5) is 4.39 Å². The molecule has 1 rings (SSSR count). The van der Waals surface area contributed by atoms with Crippen molar-refractivity contribution in [3.63, 3.8) is 0 Å². The molecule has 0 aromatic heterocycles. The molecule has 0 aromatic carbocycles. The first-order valence-electron chi connectivity index (χ1n) is 5.40. The van der Waals surface area contributed by atoms with Gasteiger partial charge in [0.25, 0.3) is 5.91 Å². The van der Waals surface area contributed by atoms with E-state index in [1.807, 2.05) is 6.92 Å². The van der Waals surface area contributed by atoms with Gasteiger partial charge in [-0.25, -0.2) is 4.39 Å². The van der Waals surface area contributed by atoms with Gasteiger partial charge in [0, 0.05) is 25.6 Å². The average Bonchev–Trinajstić information content (AvgIpc) is 2.63. The third-order valence-electron chi connectivity index (χ3n) is 2.68. The Labute approximate surface area is 101 Å². The molecule has 0 aromatic rings. The van der Waals surface area contributed by atoms with Crippen molar-refractivity contribution >= 4 is 18.3 Å². The lowest BCUT2D eigenvalue weighted by molar-refractivity contribution is -0.132. The third-order valence-corrected chi connectivity index (χ3v) is 2.68. The number of halogens is 2. The second kappa shape index (κ2) is 7.04. The molecule has 3 N–H and O–H groups in total. The Kier molecular flexibility index (Phi) is 6.87. The van der Waals surface area contributed by atoms with Gasteiger partial charge in [0.1, 0.15) is 0 Å². The molecule has 0 saturated carbocycles. The Morgan fingerprint density at radius 1 is 1.69 bits per heavy atom. The Morgan fingerprint density at radius 3 is 2.88 bits per heavy atom. The summed E-state index contributed by atoms with van der Waals surface area (Å²) in [6.45, 7) is 2.57. The van der Waals surface area contributed by atoms with E-state index in [2.05, 4.69) is 10.6 Å². The van der Waals surface area contributed by atoms with Gasteiger partial charge in [0.2, 0.25) is 5.67 Å². The molecule has 1 heterocycles. The molecular weight excluding hydrogens is 235 g/mol. The second-order valence-electron chi connectivity index (χ2n) is 4.13. The van der Waals surface area contributed by atoms with Crippen molar-refractivity contribution in [3.05, 3.63) is 0 Å². The number of hydrogen-bond acceptors (Lipinski definition) is 3. The fraction of sp³-hybridized carbons (Fsp3) is 0.900. The summed E-state index contributed by atoms with van der Waals surface area (Å²) in [5, 5.41) is 14.1. The van der Waals surface area contributed by atoms with E-state index in [4.69, 9.17) is 5.11 Å². The van der Waals surface area contributed by atoms with Crippen LogP contribution in [0.5, 0.6) is 0 Å². The number of carbonyl (C=O) groups excluding carboxylic acids is 1. The Morgan fingerprint density at radius 2 is 2.38 bits per heavy atom. The second-order valence-corrected chi connectivity index (χ2v) is 4.13. The van der Waals surface area contributed by atoms with Crippen LogP contribution in [0.2, 0.25) is 0 Å². The van der Waals surface area contributed by atoms with Crippen molar-refractivity contribution in [2.75, 3.05) is 19.7 Å². The smallest absolute Gasteiger partial charge is 0.259 e. The van der Waals surface area contributed by atoms with E-state index in [0.29, 0.717) is 19.4 Å². The highest BCUT2D eigenvalue weighted by atomic mass is 35.5. The quantitative estimate of drug-likeness (QED) is 0.665. The largest absolute Gasteiger partial charge is 0.396 e. The van der Waals surface area contributed by atoms with Gasteiger partial charge >= 0.3 is 0 Å². The van der Waals surface area contributed by atoms with Gasteiger partial charge < -0.3 is 15.7 Å². The normalized spacial score (nSPS) is 25.9. The predicted octanol–water partition coefficient (Wildman–Crippen LogP) is 0.387. The molecule has 0 radical (unpaired) electrons. The maximum absolute atomic E-state index is 13.9. The summed E-state index contributed by atoms with van der Waals surface area (Å²) < 4.78 is 13.9. The molecule has 1 aliphatic heterocycles. The molecule has 0 aliphatic carbocycles. The van der Waals surface area contributed by atoms with Gasteiger partial charge in [-0.3, -0.25) is 4.79 Å². The van der Waals surface area contributed by atoms with Crippen LogP contribution in [0.1, 0.15) is 26.2 Å². The van der Waals surface area contributed by atoms with E-state index in [1.54, 1.807) is 0 Å². The van der Waals surface area contributed by atoms with Gasteiger partial charge in [-0.2, -0.15) is 0 Å². The SMILES string of the molecule is CC(CCCO)NC(=O)C1(F)CCNC1.Cl. The van der Waals surface area contributed by atoms with Gasteiger partial charge in [-0.1, -0.05) is 0 Å².